The van der Waals surface area contributed by atoms with E-state index in [4.69, 9.17) is 16.3 Å². The maximum Gasteiger partial charge on any atom is 0.326 e. The summed E-state index contributed by atoms with van der Waals surface area (Å²) in [6.07, 6.45) is 2.38. The largest absolute Gasteiger partial charge is 0.480 e. The van der Waals surface area contributed by atoms with Crippen LogP contribution in [-0.4, -0.2) is 47.3 Å². The highest BCUT2D eigenvalue weighted by molar-refractivity contribution is 8.18. The van der Waals surface area contributed by atoms with E-state index in [1.54, 1.807) is 12.1 Å². The number of hydrogen-bond donors (Lipinski definition) is 1. The number of carboxylic acids is 1. The van der Waals surface area contributed by atoms with Gasteiger partial charge in [0.15, 0.2) is 0 Å². The van der Waals surface area contributed by atoms with Crippen molar-refractivity contribution in [3.63, 3.8) is 0 Å². The number of nitrogens with zero attached hydrogens (tertiary/aromatic N) is 1. The number of sulfonamides is 1. The Bertz CT molecular complexity index is 1170. The van der Waals surface area contributed by atoms with Crippen molar-refractivity contribution in [3.8, 4) is 0 Å². The highest BCUT2D eigenvalue weighted by atomic mass is 35.5. The smallest absolute Gasteiger partial charge is 0.326 e. The fourth-order valence-electron chi connectivity index (χ4n) is 4.73. The van der Waals surface area contributed by atoms with Crippen LogP contribution < -0.4 is 0 Å². The summed E-state index contributed by atoms with van der Waals surface area (Å²) >= 11 is 7.19. The highest BCUT2D eigenvalue weighted by Crippen LogP contribution is 2.64. The molecule has 3 aliphatic rings. The maximum absolute atomic E-state index is 13.6. The number of allylic oxidation sites excluding steroid dienone is 1. The van der Waals surface area contributed by atoms with E-state index in [9.17, 15) is 18.3 Å². The summed E-state index contributed by atoms with van der Waals surface area (Å²) in [5.41, 5.74) is -0.716. The molecule has 0 amide bonds. The summed E-state index contributed by atoms with van der Waals surface area (Å²) in [4.78, 5) is 13.3. The van der Waals surface area contributed by atoms with E-state index in [1.807, 2.05) is 48.5 Å². The summed E-state index contributed by atoms with van der Waals surface area (Å²) in [5.74, 6) is -1.13. The number of benzene rings is 2. The van der Waals surface area contributed by atoms with E-state index < -0.39 is 31.5 Å². The van der Waals surface area contributed by atoms with E-state index in [-0.39, 0.29) is 19.8 Å². The van der Waals surface area contributed by atoms with Gasteiger partial charge in [-0.2, -0.15) is 4.31 Å². The first-order valence-electron chi connectivity index (χ1n) is 9.82. The second-order valence-electron chi connectivity index (χ2n) is 8.02. The van der Waals surface area contributed by atoms with E-state index in [1.165, 1.54) is 11.8 Å². The molecule has 2 heterocycles. The molecule has 1 aliphatic carbocycles. The van der Waals surface area contributed by atoms with Gasteiger partial charge in [-0.05, 0) is 36.1 Å². The first-order chi connectivity index (χ1) is 14.8. The SMILES string of the molecule is O=C(O)C12CC1(c1ccccc1)COCN2S(=O)(=O)C1CC=C(c2ccc(Cl)cc2)S1. The van der Waals surface area contributed by atoms with Crippen LogP contribution in [0.4, 0.5) is 0 Å². The van der Waals surface area contributed by atoms with Gasteiger partial charge in [-0.15, -0.1) is 11.8 Å². The lowest BCUT2D eigenvalue weighted by molar-refractivity contribution is -0.149. The number of fused-ring (bicyclic) bond motifs is 1. The lowest BCUT2D eigenvalue weighted by Gasteiger charge is -2.38. The van der Waals surface area contributed by atoms with E-state index in [2.05, 4.69) is 0 Å². The highest BCUT2D eigenvalue weighted by Gasteiger charge is 2.80. The Kier molecular flexibility index (Phi) is 4.99. The third kappa shape index (κ3) is 3.08. The molecule has 2 aromatic carbocycles. The van der Waals surface area contributed by atoms with Crippen LogP contribution in [0.3, 0.4) is 0 Å². The Morgan fingerprint density at radius 2 is 1.87 bits per heavy atom. The van der Waals surface area contributed by atoms with Crippen molar-refractivity contribution >= 4 is 44.3 Å². The van der Waals surface area contributed by atoms with E-state index >= 15 is 0 Å². The number of rotatable bonds is 5. The molecule has 0 aromatic heterocycles. The Morgan fingerprint density at radius 3 is 2.55 bits per heavy atom. The molecule has 3 unspecified atom stereocenters. The fraction of sp³-hybridized carbons (Fsp3) is 0.318. The van der Waals surface area contributed by atoms with Gasteiger partial charge >= 0.3 is 5.97 Å². The van der Waals surface area contributed by atoms with Gasteiger partial charge in [0.2, 0.25) is 10.0 Å². The number of halogens is 1. The van der Waals surface area contributed by atoms with Crippen molar-refractivity contribution in [2.45, 2.75) is 28.4 Å². The van der Waals surface area contributed by atoms with Gasteiger partial charge in [0.05, 0.1) is 12.0 Å². The van der Waals surface area contributed by atoms with Gasteiger partial charge in [0.1, 0.15) is 16.9 Å². The van der Waals surface area contributed by atoms with Crippen LogP contribution in [-0.2, 0) is 25.0 Å². The summed E-state index contributed by atoms with van der Waals surface area (Å²) in [6, 6.07) is 16.4. The molecule has 1 saturated carbocycles. The first kappa shape index (κ1) is 21.0. The third-order valence-electron chi connectivity index (χ3n) is 6.41. The van der Waals surface area contributed by atoms with Gasteiger partial charge < -0.3 is 9.84 Å². The second kappa shape index (κ2) is 7.35. The molecular formula is C22H20ClNO5S2. The minimum absolute atomic E-state index is 0.182. The summed E-state index contributed by atoms with van der Waals surface area (Å²) in [5, 5.41) is 10.8. The number of ether oxygens (including phenoxy) is 1. The molecule has 1 N–H and O–H groups in total. The van der Waals surface area contributed by atoms with Crippen LogP contribution in [0.2, 0.25) is 5.02 Å². The Labute approximate surface area is 189 Å². The van der Waals surface area contributed by atoms with Crippen LogP contribution >= 0.6 is 23.4 Å². The van der Waals surface area contributed by atoms with Crippen molar-refractivity contribution in [3.05, 3.63) is 76.8 Å². The molecule has 0 spiro atoms. The standard InChI is InChI=1S/C22H20ClNO5S2/c23-17-8-6-15(7-9-17)18-10-11-19(30-18)31(27,28)24-14-29-13-21(12-22(21,24)20(25)26)16-4-2-1-3-5-16/h1-10,19H,11-14H2,(H,25,26). The average Bonchev–Trinajstić information content (AvgIpc) is 3.26. The quantitative estimate of drug-likeness (QED) is 0.702. The van der Waals surface area contributed by atoms with Crippen LogP contribution in [0, 0.1) is 0 Å². The molecule has 2 fully saturated rings. The zero-order chi connectivity index (χ0) is 21.9. The van der Waals surface area contributed by atoms with Crippen molar-refractivity contribution in [2.24, 2.45) is 0 Å². The third-order valence-corrected chi connectivity index (χ3v) is 10.7. The molecule has 31 heavy (non-hydrogen) atoms. The van der Waals surface area contributed by atoms with E-state index in [0.717, 1.165) is 20.3 Å². The lowest BCUT2D eigenvalue weighted by atomic mass is 9.90. The average molecular weight is 478 g/mol. The Balaban J connectivity index is 1.45. The van der Waals surface area contributed by atoms with Crippen molar-refractivity contribution in [1.82, 2.24) is 4.31 Å². The number of carbonyl (C=O) groups is 1. The maximum atomic E-state index is 13.6. The van der Waals surface area contributed by atoms with Crippen molar-refractivity contribution in [1.29, 1.82) is 0 Å². The summed E-state index contributed by atoms with van der Waals surface area (Å²) < 4.78 is 33.3. The predicted molar refractivity (Wildman–Crippen MR) is 120 cm³/mol. The zero-order valence-electron chi connectivity index (χ0n) is 16.4. The molecule has 0 bridgehead atoms. The number of thioether (sulfide) groups is 1. The van der Waals surface area contributed by atoms with Crippen LogP contribution in [0.5, 0.6) is 0 Å². The summed E-state index contributed by atoms with van der Waals surface area (Å²) in [6.45, 7) is -0.0715. The molecule has 5 rings (SSSR count). The molecule has 1 saturated heterocycles. The summed E-state index contributed by atoms with van der Waals surface area (Å²) in [7, 11) is -3.96. The molecule has 0 radical (unpaired) electrons. The number of carboxylic acid groups (broad SMARTS) is 1. The van der Waals surface area contributed by atoms with Crippen LogP contribution in [0.15, 0.2) is 60.7 Å². The number of hydrogen-bond acceptors (Lipinski definition) is 5. The Hall–Kier alpha value is -1.84. The van der Waals surface area contributed by atoms with Gasteiger partial charge in [-0.1, -0.05) is 60.1 Å². The molecule has 3 atom stereocenters. The molecule has 6 nitrogen and oxygen atoms in total. The van der Waals surface area contributed by atoms with E-state index in [0.29, 0.717) is 11.4 Å². The number of aliphatic carboxylic acids is 1. The molecule has 2 aromatic rings. The van der Waals surface area contributed by atoms with Gasteiger partial charge in [-0.25, -0.2) is 8.42 Å². The minimum atomic E-state index is -3.96. The zero-order valence-corrected chi connectivity index (χ0v) is 18.8. The van der Waals surface area contributed by atoms with Crippen molar-refractivity contribution in [2.75, 3.05) is 13.3 Å². The predicted octanol–water partition coefficient (Wildman–Crippen LogP) is 3.93. The first-order valence-corrected chi connectivity index (χ1v) is 12.6. The van der Waals surface area contributed by atoms with Crippen LogP contribution in [0.25, 0.3) is 4.91 Å². The lowest BCUT2D eigenvalue weighted by Crippen LogP contribution is -2.58. The van der Waals surface area contributed by atoms with Crippen LogP contribution in [0.1, 0.15) is 24.0 Å². The second-order valence-corrected chi connectivity index (χ2v) is 12.0. The normalized spacial score (nSPS) is 30.5. The monoisotopic (exact) mass is 477 g/mol. The van der Waals surface area contributed by atoms with Gasteiger partial charge in [0, 0.05) is 9.93 Å². The minimum Gasteiger partial charge on any atom is -0.480 e. The molecule has 9 heteroatoms. The van der Waals surface area contributed by atoms with Gasteiger partial charge in [-0.3, -0.25) is 4.79 Å². The molecular weight excluding hydrogens is 458 g/mol. The van der Waals surface area contributed by atoms with Crippen molar-refractivity contribution < 1.29 is 23.1 Å². The topological polar surface area (TPSA) is 83.9 Å². The van der Waals surface area contributed by atoms with Gasteiger partial charge in [0.25, 0.3) is 0 Å². The molecule has 2 aliphatic heterocycles. The Morgan fingerprint density at radius 1 is 1.16 bits per heavy atom. The fourth-order valence-corrected chi connectivity index (χ4v) is 8.50. The molecule has 162 valence electrons.